The van der Waals surface area contributed by atoms with Crippen LogP contribution >= 0.6 is 0 Å². The van der Waals surface area contributed by atoms with E-state index >= 15 is 0 Å². The fourth-order valence-corrected chi connectivity index (χ4v) is 1.74. The van der Waals surface area contributed by atoms with Gasteiger partial charge in [0.25, 0.3) is 0 Å². The van der Waals surface area contributed by atoms with Gasteiger partial charge in [0.2, 0.25) is 11.7 Å². The summed E-state index contributed by atoms with van der Waals surface area (Å²) in [5.41, 5.74) is 0.524. The standard InChI is InChI=1S/C16H13NO3/c1-11(18)17-13-7-9-16(20)14(10-13)15(19)8-6-12-4-2-3-5-12/h2-5,7,9-10,12,20H,1H3,(H,17,18). The van der Waals surface area contributed by atoms with Gasteiger partial charge in [-0.05, 0) is 24.1 Å². The molecule has 0 saturated heterocycles. The van der Waals surface area contributed by atoms with E-state index in [0.717, 1.165) is 0 Å². The number of allylic oxidation sites excluding steroid dienone is 4. The quantitative estimate of drug-likeness (QED) is 0.374. The summed E-state index contributed by atoms with van der Waals surface area (Å²) in [7, 11) is 0. The number of Topliss-reactive ketones (excluding diaryl/α,β-unsaturated/α-hetero) is 1. The topological polar surface area (TPSA) is 66.4 Å². The number of hydrogen-bond donors (Lipinski definition) is 2. The van der Waals surface area contributed by atoms with Crippen molar-refractivity contribution in [1.29, 1.82) is 0 Å². The Hall–Kier alpha value is -2.80. The van der Waals surface area contributed by atoms with E-state index in [1.165, 1.54) is 25.1 Å². The van der Waals surface area contributed by atoms with Gasteiger partial charge in [0.15, 0.2) is 0 Å². The molecule has 1 aromatic carbocycles. The molecule has 0 radical (unpaired) electrons. The molecule has 0 aliphatic heterocycles. The number of phenolic OH excluding ortho intramolecular Hbond substituents is 1. The fraction of sp³-hybridized carbons (Fsp3) is 0.125. The number of rotatable bonds is 2. The van der Waals surface area contributed by atoms with Gasteiger partial charge >= 0.3 is 0 Å². The normalized spacial score (nSPS) is 12.8. The predicted molar refractivity (Wildman–Crippen MR) is 76.3 cm³/mol. The minimum Gasteiger partial charge on any atom is -0.507 e. The van der Waals surface area contributed by atoms with Gasteiger partial charge in [0.05, 0.1) is 11.5 Å². The lowest BCUT2D eigenvalue weighted by Gasteiger charge is -2.05. The number of hydrogen-bond acceptors (Lipinski definition) is 3. The molecule has 0 spiro atoms. The Morgan fingerprint density at radius 3 is 2.60 bits per heavy atom. The van der Waals surface area contributed by atoms with E-state index in [1.807, 2.05) is 24.3 Å². The molecule has 20 heavy (non-hydrogen) atoms. The average Bonchev–Trinajstić information content (AvgIpc) is 2.91. The van der Waals surface area contributed by atoms with Gasteiger partial charge in [-0.1, -0.05) is 30.2 Å². The number of phenols is 1. The third-order valence-corrected chi connectivity index (χ3v) is 2.66. The van der Waals surface area contributed by atoms with Crippen LogP contribution in [0.1, 0.15) is 17.3 Å². The first kappa shape index (κ1) is 13.6. The highest BCUT2D eigenvalue weighted by Crippen LogP contribution is 2.22. The van der Waals surface area contributed by atoms with Gasteiger partial charge in [-0.2, -0.15) is 0 Å². The Morgan fingerprint density at radius 2 is 1.95 bits per heavy atom. The van der Waals surface area contributed by atoms with Crippen LogP contribution in [0, 0.1) is 17.8 Å². The molecular formula is C16H13NO3. The molecule has 1 aliphatic rings. The Bertz CT molecular complexity index is 663. The number of nitrogens with one attached hydrogen (secondary N) is 1. The van der Waals surface area contributed by atoms with Gasteiger partial charge in [0, 0.05) is 12.6 Å². The van der Waals surface area contributed by atoms with Gasteiger partial charge in [-0.3, -0.25) is 9.59 Å². The molecule has 100 valence electrons. The fourth-order valence-electron chi connectivity index (χ4n) is 1.74. The molecule has 0 heterocycles. The summed E-state index contributed by atoms with van der Waals surface area (Å²) >= 11 is 0. The second kappa shape index (κ2) is 5.89. The number of anilines is 1. The number of ketones is 1. The first-order chi connectivity index (χ1) is 9.56. The summed E-state index contributed by atoms with van der Waals surface area (Å²) in [6, 6.07) is 4.28. The highest BCUT2D eigenvalue weighted by Gasteiger charge is 2.11. The molecule has 0 bridgehead atoms. The van der Waals surface area contributed by atoms with E-state index in [4.69, 9.17) is 0 Å². The van der Waals surface area contributed by atoms with Crippen molar-refractivity contribution in [3.63, 3.8) is 0 Å². The summed E-state index contributed by atoms with van der Waals surface area (Å²) in [6.07, 6.45) is 7.46. The van der Waals surface area contributed by atoms with E-state index < -0.39 is 5.78 Å². The first-order valence-electron chi connectivity index (χ1n) is 6.08. The molecule has 0 atom stereocenters. The highest BCUT2D eigenvalue weighted by atomic mass is 16.3. The van der Waals surface area contributed by atoms with Crippen molar-refractivity contribution in [3.05, 3.63) is 48.1 Å². The molecule has 1 amide bonds. The first-order valence-corrected chi connectivity index (χ1v) is 6.08. The summed E-state index contributed by atoms with van der Waals surface area (Å²) in [6.45, 7) is 1.37. The molecule has 0 unspecified atom stereocenters. The molecule has 1 aliphatic carbocycles. The lowest BCUT2D eigenvalue weighted by molar-refractivity contribution is -0.114. The van der Waals surface area contributed by atoms with Crippen LogP contribution in [0.25, 0.3) is 0 Å². The summed E-state index contributed by atoms with van der Waals surface area (Å²) in [4.78, 5) is 22.9. The molecule has 4 heteroatoms. The summed E-state index contributed by atoms with van der Waals surface area (Å²) in [5, 5.41) is 12.3. The SMILES string of the molecule is CC(=O)Nc1ccc(O)c(C(=O)C#CC2C=CC=C2)c1. The van der Waals surface area contributed by atoms with E-state index in [-0.39, 0.29) is 23.1 Å². The molecule has 1 aromatic rings. The Morgan fingerprint density at radius 1 is 1.25 bits per heavy atom. The molecule has 0 aromatic heterocycles. The molecule has 0 fully saturated rings. The second-order valence-corrected chi connectivity index (χ2v) is 4.31. The number of aromatic hydroxyl groups is 1. The minimum atomic E-state index is -0.483. The van der Waals surface area contributed by atoms with Crippen LogP contribution in [-0.2, 0) is 4.79 Å². The zero-order valence-electron chi connectivity index (χ0n) is 10.9. The van der Waals surface area contributed by atoms with Crippen molar-refractivity contribution in [3.8, 4) is 17.6 Å². The molecule has 2 N–H and O–H groups in total. The van der Waals surface area contributed by atoms with Gasteiger partial charge in [-0.15, -0.1) is 0 Å². The average molecular weight is 267 g/mol. The lowest BCUT2D eigenvalue weighted by atomic mass is 10.1. The monoisotopic (exact) mass is 267 g/mol. The van der Waals surface area contributed by atoms with Gasteiger partial charge in [0.1, 0.15) is 5.75 Å². The van der Waals surface area contributed by atoms with Crippen molar-refractivity contribution in [2.75, 3.05) is 5.32 Å². The van der Waals surface area contributed by atoms with E-state index in [9.17, 15) is 14.7 Å². The van der Waals surface area contributed by atoms with Crippen molar-refractivity contribution in [1.82, 2.24) is 0 Å². The van der Waals surface area contributed by atoms with Crippen molar-refractivity contribution >= 4 is 17.4 Å². The number of carbonyl (C=O) groups is 2. The van der Waals surface area contributed by atoms with Crippen LogP contribution in [0.4, 0.5) is 5.69 Å². The van der Waals surface area contributed by atoms with Crippen LogP contribution in [-0.4, -0.2) is 16.8 Å². The van der Waals surface area contributed by atoms with Crippen molar-refractivity contribution in [2.24, 2.45) is 5.92 Å². The van der Waals surface area contributed by atoms with Crippen LogP contribution in [0.2, 0.25) is 0 Å². The van der Waals surface area contributed by atoms with Crippen molar-refractivity contribution in [2.45, 2.75) is 6.92 Å². The van der Waals surface area contributed by atoms with Crippen LogP contribution in [0.5, 0.6) is 5.75 Å². The lowest BCUT2D eigenvalue weighted by Crippen LogP contribution is -2.07. The Kier molecular flexibility index (Phi) is 4.02. The summed E-state index contributed by atoms with van der Waals surface area (Å²) in [5.74, 6) is 4.34. The van der Waals surface area contributed by atoms with Crippen LogP contribution in [0.3, 0.4) is 0 Å². The summed E-state index contributed by atoms with van der Waals surface area (Å²) < 4.78 is 0. The third kappa shape index (κ3) is 3.36. The number of carbonyl (C=O) groups excluding carboxylic acids is 2. The van der Waals surface area contributed by atoms with E-state index in [2.05, 4.69) is 17.2 Å². The molecule has 0 saturated carbocycles. The van der Waals surface area contributed by atoms with Crippen LogP contribution in [0.15, 0.2) is 42.5 Å². The number of amides is 1. The van der Waals surface area contributed by atoms with E-state index in [1.54, 1.807) is 0 Å². The van der Waals surface area contributed by atoms with Gasteiger partial charge < -0.3 is 10.4 Å². The molecule has 2 rings (SSSR count). The molecule has 4 nitrogen and oxygen atoms in total. The minimum absolute atomic E-state index is 0.0698. The van der Waals surface area contributed by atoms with Gasteiger partial charge in [-0.25, -0.2) is 0 Å². The predicted octanol–water partition coefficient (Wildman–Crippen LogP) is 2.28. The molecular weight excluding hydrogens is 254 g/mol. The zero-order valence-corrected chi connectivity index (χ0v) is 10.9. The maximum absolute atomic E-state index is 12.0. The number of benzene rings is 1. The highest BCUT2D eigenvalue weighted by molar-refractivity contribution is 6.11. The smallest absolute Gasteiger partial charge is 0.239 e. The van der Waals surface area contributed by atoms with Crippen molar-refractivity contribution < 1.29 is 14.7 Å². The maximum atomic E-state index is 12.0. The van der Waals surface area contributed by atoms with Crippen LogP contribution < -0.4 is 5.32 Å². The Balaban J connectivity index is 2.22. The third-order valence-electron chi connectivity index (χ3n) is 2.66. The Labute approximate surface area is 116 Å². The largest absolute Gasteiger partial charge is 0.507 e. The maximum Gasteiger partial charge on any atom is 0.239 e. The second-order valence-electron chi connectivity index (χ2n) is 4.31. The zero-order chi connectivity index (χ0) is 14.5. The van der Waals surface area contributed by atoms with E-state index in [0.29, 0.717) is 5.69 Å².